The van der Waals surface area contributed by atoms with Gasteiger partial charge in [-0.3, -0.25) is 9.59 Å². The molecule has 1 saturated heterocycles. The van der Waals surface area contributed by atoms with Crippen molar-refractivity contribution in [1.82, 2.24) is 14.8 Å². The highest BCUT2D eigenvalue weighted by Gasteiger charge is 2.42. The fourth-order valence-corrected chi connectivity index (χ4v) is 5.91. The maximum absolute atomic E-state index is 13.6. The maximum Gasteiger partial charge on any atom is 0.225 e. The third-order valence-corrected chi connectivity index (χ3v) is 8.65. The number of pyridine rings is 1. The fourth-order valence-electron chi connectivity index (χ4n) is 5.60. The van der Waals surface area contributed by atoms with Crippen molar-refractivity contribution in [3.63, 3.8) is 0 Å². The molecule has 0 N–H and O–H groups in total. The van der Waals surface area contributed by atoms with Gasteiger partial charge < -0.3 is 14.5 Å². The molecule has 3 atom stereocenters. The van der Waals surface area contributed by atoms with E-state index in [1.54, 1.807) is 30.0 Å². The zero-order valence-electron chi connectivity index (χ0n) is 21.4. The maximum atomic E-state index is 13.6. The van der Waals surface area contributed by atoms with Gasteiger partial charge >= 0.3 is 0 Å². The first-order chi connectivity index (χ1) is 17.7. The predicted octanol–water partition coefficient (Wildman–Crippen LogP) is 5.31. The summed E-state index contributed by atoms with van der Waals surface area (Å²) in [5.74, 6) is 0.664. The molecule has 3 unspecified atom stereocenters. The topological polar surface area (TPSA) is 86.5 Å². The summed E-state index contributed by atoms with van der Waals surface area (Å²) in [5, 5.41) is 10.0. The number of aromatic nitrogens is 1. The molecule has 2 fully saturated rings. The number of carbonyl (C=O) groups is 2. The third-order valence-electron chi connectivity index (χ3n) is 7.91. The van der Waals surface area contributed by atoms with E-state index >= 15 is 0 Å². The first kappa shape index (κ1) is 27.2. The lowest BCUT2D eigenvalue weighted by Crippen LogP contribution is -2.42. The van der Waals surface area contributed by atoms with Crippen LogP contribution >= 0.6 is 23.2 Å². The van der Waals surface area contributed by atoms with E-state index < -0.39 is 0 Å². The lowest BCUT2D eigenvalue weighted by atomic mass is 9.84. The van der Waals surface area contributed by atoms with Crippen LogP contribution in [0.1, 0.15) is 56.6 Å². The van der Waals surface area contributed by atoms with Gasteiger partial charge in [0.05, 0.1) is 15.6 Å². The Labute approximate surface area is 228 Å². The smallest absolute Gasteiger partial charge is 0.225 e. The first-order valence-corrected chi connectivity index (χ1v) is 13.4. The van der Waals surface area contributed by atoms with Gasteiger partial charge in [-0.25, -0.2) is 4.98 Å². The molecule has 37 heavy (non-hydrogen) atoms. The highest BCUT2D eigenvalue weighted by Crippen LogP contribution is 2.40. The first-order valence-electron chi connectivity index (χ1n) is 12.7. The molecule has 2 aliphatic rings. The Morgan fingerprint density at radius 2 is 1.86 bits per heavy atom. The highest BCUT2D eigenvalue weighted by molar-refractivity contribution is 6.42. The van der Waals surface area contributed by atoms with E-state index in [1.165, 1.54) is 6.20 Å². The van der Waals surface area contributed by atoms with E-state index in [4.69, 9.17) is 33.2 Å². The Bertz CT molecular complexity index is 1170. The van der Waals surface area contributed by atoms with Gasteiger partial charge in [0.25, 0.3) is 0 Å². The Morgan fingerprint density at radius 1 is 1.14 bits per heavy atom. The largest absolute Gasteiger partial charge is 0.474 e. The van der Waals surface area contributed by atoms with Crippen molar-refractivity contribution in [2.24, 2.45) is 11.8 Å². The summed E-state index contributed by atoms with van der Waals surface area (Å²) in [7, 11) is 1.84. The van der Waals surface area contributed by atoms with Crippen molar-refractivity contribution in [3.05, 3.63) is 57.7 Å². The third kappa shape index (κ3) is 6.19. The van der Waals surface area contributed by atoms with Gasteiger partial charge in [-0.05, 0) is 56.4 Å². The Balaban J connectivity index is 1.50. The quantitative estimate of drug-likeness (QED) is 0.493. The Morgan fingerprint density at radius 3 is 2.46 bits per heavy atom. The second-order valence-corrected chi connectivity index (χ2v) is 11.0. The van der Waals surface area contributed by atoms with E-state index in [1.807, 2.05) is 31.0 Å². The van der Waals surface area contributed by atoms with Gasteiger partial charge in [0, 0.05) is 63.1 Å². The number of ether oxygens (including phenoxy) is 1. The van der Waals surface area contributed by atoms with Crippen LogP contribution in [0.15, 0.2) is 36.5 Å². The summed E-state index contributed by atoms with van der Waals surface area (Å²) in [4.78, 5) is 33.4. The number of nitrogens with zero attached hydrogens (tertiary/aromatic N) is 4. The Hall–Kier alpha value is -2.82. The molecular weight excluding hydrogens is 511 g/mol. The number of amides is 2. The van der Waals surface area contributed by atoms with Gasteiger partial charge in [0.1, 0.15) is 12.2 Å². The van der Waals surface area contributed by atoms with Gasteiger partial charge in [0.2, 0.25) is 17.7 Å². The van der Waals surface area contributed by atoms with Crippen LogP contribution < -0.4 is 4.74 Å². The van der Waals surface area contributed by atoms with Crippen LogP contribution in [0.5, 0.6) is 5.88 Å². The van der Waals surface area contributed by atoms with Crippen LogP contribution in [-0.2, 0) is 9.59 Å². The SMILES string of the molecule is CC(=O)N(C)C1CCC(C(=O)N2CC(c3ccc(Cl)c(Cl)c3)C(C(C)Oc3ccc(C#N)cn3)C2)CC1. The van der Waals surface area contributed by atoms with E-state index in [2.05, 4.69) is 11.1 Å². The van der Waals surface area contributed by atoms with Crippen LogP contribution in [-0.4, -0.2) is 58.9 Å². The van der Waals surface area contributed by atoms with Crippen LogP contribution in [0.3, 0.4) is 0 Å². The van der Waals surface area contributed by atoms with Crippen LogP contribution in [0.25, 0.3) is 0 Å². The van der Waals surface area contributed by atoms with E-state index in [9.17, 15) is 9.59 Å². The second kappa shape index (κ2) is 11.7. The molecule has 0 spiro atoms. The normalized spacial score (nSPS) is 24.3. The van der Waals surface area contributed by atoms with Crippen molar-refractivity contribution in [2.75, 3.05) is 20.1 Å². The molecule has 2 amide bonds. The minimum absolute atomic E-state index is 0.0128. The molecule has 2 heterocycles. The average Bonchev–Trinajstić information content (AvgIpc) is 3.35. The number of benzene rings is 1. The summed E-state index contributed by atoms with van der Waals surface area (Å²) >= 11 is 12.5. The number of rotatable bonds is 6. The number of halogens is 2. The van der Waals surface area contributed by atoms with Crippen LogP contribution in [0.4, 0.5) is 0 Å². The lowest BCUT2D eigenvalue weighted by molar-refractivity contribution is -0.136. The van der Waals surface area contributed by atoms with Gasteiger partial charge in [0.15, 0.2) is 0 Å². The number of likely N-dealkylation sites (tertiary alicyclic amines) is 1. The predicted molar refractivity (Wildman–Crippen MR) is 143 cm³/mol. The lowest BCUT2D eigenvalue weighted by Gasteiger charge is -2.35. The van der Waals surface area contributed by atoms with Gasteiger partial charge in [-0.1, -0.05) is 29.3 Å². The molecule has 9 heteroatoms. The molecule has 0 bridgehead atoms. The minimum Gasteiger partial charge on any atom is -0.474 e. The van der Waals surface area contributed by atoms with Gasteiger partial charge in [-0.15, -0.1) is 0 Å². The number of hydrogen-bond donors (Lipinski definition) is 0. The number of nitriles is 1. The fraction of sp³-hybridized carbons (Fsp3) is 0.500. The van der Waals surface area contributed by atoms with Crippen molar-refractivity contribution in [2.45, 2.75) is 57.6 Å². The molecule has 1 aliphatic carbocycles. The molecule has 1 aliphatic heterocycles. The van der Waals surface area contributed by atoms with Crippen molar-refractivity contribution in [3.8, 4) is 11.9 Å². The molecule has 196 valence electrons. The van der Waals surface area contributed by atoms with Crippen molar-refractivity contribution < 1.29 is 14.3 Å². The summed E-state index contributed by atoms with van der Waals surface area (Å²) in [5.41, 5.74) is 1.49. The molecule has 1 saturated carbocycles. The molecule has 0 radical (unpaired) electrons. The molecule has 2 aromatic rings. The standard InChI is InChI=1S/C28H32Cl2N4O3/c1-17(37-27-11-4-19(13-31)14-32-27)23-15-34(16-24(23)21-7-10-25(29)26(30)12-21)28(36)20-5-8-22(9-6-20)33(3)18(2)35/h4,7,10-12,14,17,20,22-24H,5-6,8-9,15-16H2,1-3H3. The highest BCUT2D eigenvalue weighted by atomic mass is 35.5. The van der Waals surface area contributed by atoms with E-state index in [0.29, 0.717) is 34.6 Å². The summed E-state index contributed by atoms with van der Waals surface area (Å²) in [6, 6.07) is 11.3. The summed E-state index contributed by atoms with van der Waals surface area (Å²) in [6.07, 6.45) is 4.48. The molecule has 1 aromatic heterocycles. The molecular formula is C28H32Cl2N4O3. The molecule has 1 aromatic carbocycles. The van der Waals surface area contributed by atoms with Gasteiger partial charge in [-0.2, -0.15) is 5.26 Å². The summed E-state index contributed by atoms with van der Waals surface area (Å²) < 4.78 is 6.18. The van der Waals surface area contributed by atoms with Crippen molar-refractivity contribution in [1.29, 1.82) is 5.26 Å². The monoisotopic (exact) mass is 542 g/mol. The average molecular weight is 543 g/mol. The number of hydrogen-bond acceptors (Lipinski definition) is 5. The molecule has 4 rings (SSSR count). The van der Waals surface area contributed by atoms with Crippen LogP contribution in [0, 0.1) is 23.2 Å². The zero-order chi connectivity index (χ0) is 26.7. The van der Waals surface area contributed by atoms with Crippen LogP contribution in [0.2, 0.25) is 10.0 Å². The van der Waals surface area contributed by atoms with Crippen molar-refractivity contribution >= 4 is 35.0 Å². The van der Waals surface area contributed by atoms with E-state index in [-0.39, 0.29) is 41.7 Å². The number of carbonyl (C=O) groups excluding carboxylic acids is 2. The van der Waals surface area contributed by atoms with E-state index in [0.717, 1.165) is 31.2 Å². The zero-order valence-corrected chi connectivity index (χ0v) is 22.9. The Kier molecular flexibility index (Phi) is 8.61. The summed E-state index contributed by atoms with van der Waals surface area (Å²) in [6.45, 7) is 4.71. The molecule has 7 nitrogen and oxygen atoms in total. The minimum atomic E-state index is -0.238. The second-order valence-electron chi connectivity index (χ2n) is 10.1.